The summed E-state index contributed by atoms with van der Waals surface area (Å²) >= 11 is 1.43. The highest BCUT2D eigenvalue weighted by Crippen LogP contribution is 2.33. The van der Waals surface area contributed by atoms with Crippen LogP contribution >= 0.6 is 11.8 Å². The van der Waals surface area contributed by atoms with E-state index in [2.05, 4.69) is 5.32 Å². The predicted octanol–water partition coefficient (Wildman–Crippen LogP) is 6.43. The van der Waals surface area contributed by atoms with Crippen LogP contribution in [0, 0.1) is 13.8 Å². The minimum Gasteiger partial charge on any atom is -0.494 e. The first kappa shape index (κ1) is 22.8. The number of carbonyl (C=O) groups is 1. The number of benzene rings is 3. The molecule has 6 heteroatoms. The first-order chi connectivity index (χ1) is 16.0. The number of carbonyl (C=O) groups excluding carboxylic acids is 1. The summed E-state index contributed by atoms with van der Waals surface area (Å²) in [6.07, 6.45) is 0. The van der Waals surface area contributed by atoms with Crippen molar-refractivity contribution in [3.63, 3.8) is 0 Å². The van der Waals surface area contributed by atoms with Crippen LogP contribution in [0.25, 0.3) is 22.3 Å². The van der Waals surface area contributed by atoms with Crippen LogP contribution in [0.3, 0.4) is 0 Å². The van der Waals surface area contributed by atoms with E-state index in [9.17, 15) is 4.79 Å². The number of rotatable bonds is 7. The van der Waals surface area contributed by atoms with Crippen LogP contribution in [0.1, 0.15) is 25.0 Å². The number of para-hydroxylation sites is 1. The molecule has 0 aliphatic rings. The zero-order chi connectivity index (χ0) is 23.4. The molecule has 1 unspecified atom stereocenters. The summed E-state index contributed by atoms with van der Waals surface area (Å²) in [6.45, 7) is 8.43. The smallest absolute Gasteiger partial charge is 0.237 e. The average Bonchev–Trinajstić information content (AvgIpc) is 2.82. The summed E-state index contributed by atoms with van der Waals surface area (Å²) in [4.78, 5) is 22.7. The van der Waals surface area contributed by atoms with Gasteiger partial charge in [0.25, 0.3) is 0 Å². The number of aryl methyl sites for hydroxylation is 2. The molecule has 0 aliphatic heterocycles. The van der Waals surface area contributed by atoms with Gasteiger partial charge >= 0.3 is 0 Å². The molecule has 1 heterocycles. The zero-order valence-electron chi connectivity index (χ0n) is 19.3. The number of aromatic nitrogens is 2. The van der Waals surface area contributed by atoms with Gasteiger partial charge in [-0.05, 0) is 57.0 Å². The molecule has 4 aromatic rings. The second kappa shape index (κ2) is 10.0. The van der Waals surface area contributed by atoms with Gasteiger partial charge < -0.3 is 10.1 Å². The summed E-state index contributed by atoms with van der Waals surface area (Å²) < 4.78 is 5.70. The zero-order valence-corrected chi connectivity index (χ0v) is 20.1. The molecule has 1 aromatic heterocycles. The average molecular weight is 458 g/mol. The van der Waals surface area contributed by atoms with E-state index in [1.807, 2.05) is 94.4 Å². The molecule has 3 aromatic carbocycles. The summed E-state index contributed by atoms with van der Waals surface area (Å²) in [5, 5.41) is 4.36. The lowest BCUT2D eigenvalue weighted by molar-refractivity contribution is -0.115. The fourth-order valence-corrected chi connectivity index (χ4v) is 4.53. The van der Waals surface area contributed by atoms with Gasteiger partial charge in [0, 0.05) is 16.6 Å². The van der Waals surface area contributed by atoms with E-state index in [0.717, 1.165) is 44.1 Å². The lowest BCUT2D eigenvalue weighted by Crippen LogP contribution is -2.23. The molecule has 33 heavy (non-hydrogen) atoms. The molecule has 1 N–H and O–H groups in total. The number of nitrogens with one attached hydrogen (secondary N) is 1. The molecule has 5 nitrogen and oxygen atoms in total. The maximum Gasteiger partial charge on any atom is 0.237 e. The van der Waals surface area contributed by atoms with Gasteiger partial charge in [-0.15, -0.1) is 0 Å². The molecule has 0 bridgehead atoms. The van der Waals surface area contributed by atoms with E-state index >= 15 is 0 Å². The third-order valence-electron chi connectivity index (χ3n) is 5.36. The molecule has 4 rings (SSSR count). The van der Waals surface area contributed by atoms with Crippen molar-refractivity contribution in [1.82, 2.24) is 9.97 Å². The number of amides is 1. The molecular formula is C27H27N3O2S. The summed E-state index contributed by atoms with van der Waals surface area (Å²) in [7, 11) is 0. The largest absolute Gasteiger partial charge is 0.494 e. The monoisotopic (exact) mass is 457 g/mol. The Morgan fingerprint density at radius 3 is 2.42 bits per heavy atom. The molecule has 0 saturated carbocycles. The number of thioether (sulfide) groups is 1. The van der Waals surface area contributed by atoms with Gasteiger partial charge in [-0.25, -0.2) is 9.97 Å². The van der Waals surface area contributed by atoms with E-state index in [1.54, 1.807) is 0 Å². The van der Waals surface area contributed by atoms with Crippen LogP contribution in [0.5, 0.6) is 5.75 Å². The molecule has 0 radical (unpaired) electrons. The van der Waals surface area contributed by atoms with E-state index in [-0.39, 0.29) is 11.2 Å². The van der Waals surface area contributed by atoms with Gasteiger partial charge in [0.2, 0.25) is 5.91 Å². The molecule has 0 aliphatic carbocycles. The number of nitrogens with zero attached hydrogens (tertiary/aromatic N) is 2. The Hall–Kier alpha value is -3.38. The predicted molar refractivity (Wildman–Crippen MR) is 136 cm³/mol. The Bertz CT molecular complexity index is 1270. The molecule has 1 amide bonds. The summed E-state index contributed by atoms with van der Waals surface area (Å²) in [5.41, 5.74) is 4.70. The van der Waals surface area contributed by atoms with E-state index in [4.69, 9.17) is 14.7 Å². The highest BCUT2D eigenvalue weighted by atomic mass is 32.2. The maximum absolute atomic E-state index is 13.1. The third kappa shape index (κ3) is 5.17. The Balaban J connectivity index is 1.69. The highest BCUT2D eigenvalue weighted by molar-refractivity contribution is 8.00. The van der Waals surface area contributed by atoms with Crippen molar-refractivity contribution in [3.8, 4) is 17.1 Å². The fourth-order valence-electron chi connectivity index (χ4n) is 3.60. The molecule has 0 spiro atoms. The highest BCUT2D eigenvalue weighted by Gasteiger charge is 2.20. The maximum atomic E-state index is 13.1. The minimum absolute atomic E-state index is 0.0635. The number of hydrogen-bond donors (Lipinski definition) is 1. The van der Waals surface area contributed by atoms with Crippen LogP contribution in [0.15, 0.2) is 71.8 Å². The topological polar surface area (TPSA) is 64.1 Å². The van der Waals surface area contributed by atoms with Crippen LogP contribution in [0.4, 0.5) is 5.69 Å². The second-order valence-corrected chi connectivity index (χ2v) is 9.18. The Kier molecular flexibility index (Phi) is 6.94. The Morgan fingerprint density at radius 1 is 1.00 bits per heavy atom. The SMILES string of the molecule is CCOc1ccc2nc(-c3ccccc3)nc(SC(C)C(=O)Nc3c(C)cccc3C)c2c1. The second-order valence-electron chi connectivity index (χ2n) is 7.85. The van der Waals surface area contributed by atoms with Crippen molar-refractivity contribution < 1.29 is 9.53 Å². The van der Waals surface area contributed by atoms with Crippen molar-refractivity contribution >= 4 is 34.3 Å². The van der Waals surface area contributed by atoms with Gasteiger partial charge in [0.1, 0.15) is 10.8 Å². The lowest BCUT2D eigenvalue weighted by Gasteiger charge is -2.16. The first-order valence-electron chi connectivity index (χ1n) is 11.0. The standard InChI is InChI=1S/C27H27N3O2S/c1-5-32-21-14-15-23-22(16-21)27(30-25(28-23)20-12-7-6-8-13-20)33-19(4)26(31)29-24-17(2)10-9-11-18(24)3/h6-16,19H,5H2,1-4H3,(H,29,31). The van der Waals surface area contributed by atoms with Crippen molar-refractivity contribution in [2.24, 2.45) is 0 Å². The lowest BCUT2D eigenvalue weighted by atomic mass is 10.1. The van der Waals surface area contributed by atoms with E-state index < -0.39 is 0 Å². The quantitative estimate of drug-likeness (QED) is 0.256. The Labute approximate surface area is 198 Å². The first-order valence-corrected chi connectivity index (χ1v) is 11.9. The number of hydrogen-bond acceptors (Lipinski definition) is 5. The van der Waals surface area contributed by atoms with Crippen LogP contribution in [0.2, 0.25) is 0 Å². The molecular weight excluding hydrogens is 430 g/mol. The number of anilines is 1. The van der Waals surface area contributed by atoms with Crippen molar-refractivity contribution in [2.45, 2.75) is 38.0 Å². The molecule has 1 atom stereocenters. The van der Waals surface area contributed by atoms with Crippen LogP contribution in [-0.2, 0) is 4.79 Å². The number of fused-ring (bicyclic) bond motifs is 1. The summed E-state index contributed by atoms with van der Waals surface area (Å²) in [5.74, 6) is 1.33. The van der Waals surface area contributed by atoms with Gasteiger partial charge in [-0.1, -0.05) is 60.3 Å². The van der Waals surface area contributed by atoms with Gasteiger partial charge in [-0.3, -0.25) is 4.79 Å². The van der Waals surface area contributed by atoms with Crippen molar-refractivity contribution in [3.05, 3.63) is 77.9 Å². The number of ether oxygens (including phenoxy) is 1. The molecule has 0 fully saturated rings. The summed E-state index contributed by atoms with van der Waals surface area (Å²) in [6, 6.07) is 21.7. The van der Waals surface area contributed by atoms with Crippen molar-refractivity contribution in [1.29, 1.82) is 0 Å². The van der Waals surface area contributed by atoms with Crippen molar-refractivity contribution in [2.75, 3.05) is 11.9 Å². The molecule has 0 saturated heterocycles. The van der Waals surface area contributed by atoms with Crippen LogP contribution in [-0.4, -0.2) is 27.7 Å². The van der Waals surface area contributed by atoms with Gasteiger partial charge in [0.15, 0.2) is 5.82 Å². The van der Waals surface area contributed by atoms with Gasteiger partial charge in [-0.2, -0.15) is 0 Å². The van der Waals surface area contributed by atoms with Gasteiger partial charge in [0.05, 0.1) is 17.4 Å². The van der Waals surface area contributed by atoms with E-state index in [0.29, 0.717) is 12.4 Å². The minimum atomic E-state index is -0.360. The third-order valence-corrected chi connectivity index (χ3v) is 6.46. The fraction of sp³-hybridized carbons (Fsp3) is 0.222. The molecule has 168 valence electrons. The van der Waals surface area contributed by atoms with E-state index in [1.165, 1.54) is 11.8 Å². The Morgan fingerprint density at radius 2 is 1.73 bits per heavy atom. The normalized spacial score (nSPS) is 11.9. The van der Waals surface area contributed by atoms with Crippen LogP contribution < -0.4 is 10.1 Å².